The monoisotopic (exact) mass is 379 g/mol. The molecule has 0 aliphatic carbocycles. The van der Waals surface area contributed by atoms with Crippen LogP contribution in [0, 0.1) is 5.92 Å². The molecule has 0 atom stereocenters. The molecular weight excluding hydrogens is 354 g/mol. The zero-order chi connectivity index (χ0) is 19.7. The molecule has 1 aliphatic rings. The summed E-state index contributed by atoms with van der Waals surface area (Å²) in [5.74, 6) is 0.579. The molecule has 1 N–H and O–H groups in total. The van der Waals surface area contributed by atoms with E-state index < -0.39 is 0 Å². The number of piperidine rings is 1. The lowest BCUT2D eigenvalue weighted by Gasteiger charge is -2.31. The fourth-order valence-electron chi connectivity index (χ4n) is 3.77. The Morgan fingerprint density at radius 1 is 1.25 bits per heavy atom. The smallest absolute Gasteiger partial charge is 0.274 e. The number of carbonyl (C=O) groups is 1. The number of H-pyrrole nitrogens is 1. The van der Waals surface area contributed by atoms with Gasteiger partial charge in [0.2, 0.25) is 0 Å². The molecule has 0 saturated carbocycles. The van der Waals surface area contributed by atoms with E-state index in [1.807, 2.05) is 43.0 Å². The molecule has 4 rings (SSSR count). The topological polar surface area (TPSA) is 83.9 Å². The third kappa shape index (κ3) is 3.56. The number of hydrogen-bond donors (Lipinski definition) is 1. The summed E-state index contributed by atoms with van der Waals surface area (Å²) in [6, 6.07) is 9.30. The SMILES string of the molecule is CC(C)c1cc(=O)n(CC2CCN(C(=O)c3n[nH]c4ccccc34)CC2)cn1. The van der Waals surface area contributed by atoms with Crippen LogP contribution in [0.1, 0.15) is 48.8 Å². The summed E-state index contributed by atoms with van der Waals surface area (Å²) < 4.78 is 1.69. The summed E-state index contributed by atoms with van der Waals surface area (Å²) in [5.41, 5.74) is 2.18. The van der Waals surface area contributed by atoms with Gasteiger partial charge >= 0.3 is 0 Å². The molecule has 0 unspecified atom stereocenters. The molecule has 1 amide bonds. The Balaban J connectivity index is 1.39. The van der Waals surface area contributed by atoms with Crippen molar-refractivity contribution in [3.63, 3.8) is 0 Å². The quantitative estimate of drug-likeness (QED) is 0.755. The van der Waals surface area contributed by atoms with Gasteiger partial charge in [0.1, 0.15) is 0 Å². The van der Waals surface area contributed by atoms with Gasteiger partial charge in [-0.3, -0.25) is 19.3 Å². The van der Waals surface area contributed by atoms with Crippen molar-refractivity contribution in [3.8, 4) is 0 Å². The highest BCUT2D eigenvalue weighted by Gasteiger charge is 2.26. The minimum Gasteiger partial charge on any atom is -0.337 e. The van der Waals surface area contributed by atoms with Gasteiger partial charge in [0.05, 0.1) is 17.5 Å². The van der Waals surface area contributed by atoms with Gasteiger partial charge in [-0.05, 0) is 30.7 Å². The summed E-state index contributed by atoms with van der Waals surface area (Å²) in [5, 5.41) is 8.01. The van der Waals surface area contributed by atoms with Crippen LogP contribution in [0.2, 0.25) is 0 Å². The van der Waals surface area contributed by atoms with E-state index in [4.69, 9.17) is 0 Å². The standard InChI is InChI=1S/C21H25N5O2/c1-14(2)18-11-19(27)26(13-22-18)12-15-7-9-25(10-8-15)21(28)20-16-5-3-4-6-17(16)23-24-20/h3-6,11,13-15H,7-10,12H2,1-2H3,(H,23,24). The Bertz CT molecular complexity index is 1040. The number of nitrogens with one attached hydrogen (secondary N) is 1. The average molecular weight is 379 g/mol. The summed E-state index contributed by atoms with van der Waals surface area (Å²) >= 11 is 0. The first kappa shape index (κ1) is 18.4. The van der Waals surface area contributed by atoms with E-state index in [1.165, 1.54) is 0 Å². The van der Waals surface area contributed by atoms with Crippen LogP contribution in [-0.2, 0) is 6.54 Å². The van der Waals surface area contributed by atoms with Crippen LogP contribution in [0.25, 0.3) is 10.9 Å². The van der Waals surface area contributed by atoms with Gasteiger partial charge in [-0.15, -0.1) is 0 Å². The number of amides is 1. The molecule has 28 heavy (non-hydrogen) atoms. The number of fused-ring (bicyclic) bond motifs is 1. The maximum Gasteiger partial charge on any atom is 0.274 e. The number of hydrogen-bond acceptors (Lipinski definition) is 4. The van der Waals surface area contributed by atoms with E-state index in [9.17, 15) is 9.59 Å². The van der Waals surface area contributed by atoms with Gasteiger partial charge in [0.25, 0.3) is 11.5 Å². The molecule has 7 nitrogen and oxygen atoms in total. The first-order chi connectivity index (χ1) is 13.5. The fourth-order valence-corrected chi connectivity index (χ4v) is 3.77. The van der Waals surface area contributed by atoms with Gasteiger partial charge in [-0.2, -0.15) is 5.10 Å². The Kier molecular flexibility index (Phi) is 4.98. The van der Waals surface area contributed by atoms with Crippen LogP contribution in [0.15, 0.2) is 41.5 Å². The second-order valence-electron chi connectivity index (χ2n) is 7.81. The van der Waals surface area contributed by atoms with E-state index in [0.29, 0.717) is 31.2 Å². The van der Waals surface area contributed by atoms with E-state index >= 15 is 0 Å². The number of nitrogens with zero attached hydrogens (tertiary/aromatic N) is 4. The van der Waals surface area contributed by atoms with Crippen molar-refractivity contribution in [2.45, 2.75) is 39.2 Å². The molecule has 0 bridgehead atoms. The average Bonchev–Trinajstić information content (AvgIpc) is 3.13. The first-order valence-electron chi connectivity index (χ1n) is 9.81. The van der Waals surface area contributed by atoms with Gasteiger partial charge in [-0.1, -0.05) is 32.0 Å². The zero-order valence-corrected chi connectivity index (χ0v) is 16.3. The lowest BCUT2D eigenvalue weighted by molar-refractivity contribution is 0.0678. The highest BCUT2D eigenvalue weighted by Crippen LogP contribution is 2.22. The van der Waals surface area contributed by atoms with Gasteiger partial charge in [-0.25, -0.2) is 4.98 Å². The van der Waals surface area contributed by atoms with E-state index in [2.05, 4.69) is 15.2 Å². The van der Waals surface area contributed by atoms with Crippen molar-refractivity contribution in [2.24, 2.45) is 5.92 Å². The normalized spacial score (nSPS) is 15.5. The third-order valence-electron chi connectivity index (χ3n) is 5.52. The first-order valence-corrected chi connectivity index (χ1v) is 9.81. The van der Waals surface area contributed by atoms with Crippen LogP contribution in [0.5, 0.6) is 0 Å². The molecule has 0 spiro atoms. The fraction of sp³-hybridized carbons (Fsp3) is 0.429. The highest BCUT2D eigenvalue weighted by molar-refractivity contribution is 6.04. The third-order valence-corrected chi connectivity index (χ3v) is 5.52. The van der Waals surface area contributed by atoms with Crippen LogP contribution in [0.3, 0.4) is 0 Å². The lowest BCUT2D eigenvalue weighted by atomic mass is 9.96. The molecule has 1 saturated heterocycles. The Morgan fingerprint density at radius 2 is 2.00 bits per heavy atom. The molecule has 3 heterocycles. The van der Waals surface area contributed by atoms with Crippen molar-refractivity contribution in [1.29, 1.82) is 0 Å². The molecule has 1 fully saturated rings. The molecule has 1 aromatic carbocycles. The van der Waals surface area contributed by atoms with Crippen LogP contribution < -0.4 is 5.56 Å². The van der Waals surface area contributed by atoms with Crippen molar-refractivity contribution < 1.29 is 4.79 Å². The Morgan fingerprint density at radius 3 is 2.71 bits per heavy atom. The number of para-hydroxylation sites is 1. The second kappa shape index (κ2) is 7.58. The number of aromatic nitrogens is 4. The summed E-state index contributed by atoms with van der Waals surface area (Å²) in [6.45, 7) is 6.06. The number of rotatable bonds is 4. The Labute approximate surface area is 163 Å². The highest BCUT2D eigenvalue weighted by atomic mass is 16.2. The number of benzene rings is 1. The van der Waals surface area contributed by atoms with E-state index in [0.717, 1.165) is 29.4 Å². The van der Waals surface area contributed by atoms with Crippen molar-refractivity contribution in [3.05, 3.63) is 58.4 Å². The van der Waals surface area contributed by atoms with Crippen molar-refractivity contribution in [1.82, 2.24) is 24.6 Å². The molecule has 1 aliphatic heterocycles. The van der Waals surface area contributed by atoms with E-state index in [-0.39, 0.29) is 17.4 Å². The molecular formula is C21H25N5O2. The summed E-state index contributed by atoms with van der Waals surface area (Å²) in [4.78, 5) is 31.5. The minimum absolute atomic E-state index is 0.000184. The molecule has 0 radical (unpaired) electrons. The summed E-state index contributed by atoms with van der Waals surface area (Å²) in [7, 11) is 0. The maximum atomic E-state index is 12.9. The minimum atomic E-state index is -0.0315. The predicted octanol–water partition coefficient (Wildman–Crippen LogP) is 2.80. The molecule has 7 heteroatoms. The van der Waals surface area contributed by atoms with Gasteiger partial charge in [0.15, 0.2) is 5.69 Å². The van der Waals surface area contributed by atoms with E-state index in [1.54, 1.807) is 17.0 Å². The molecule has 3 aromatic rings. The predicted molar refractivity (Wildman–Crippen MR) is 107 cm³/mol. The Hall–Kier alpha value is -2.96. The number of likely N-dealkylation sites (tertiary alicyclic amines) is 1. The zero-order valence-electron chi connectivity index (χ0n) is 16.3. The van der Waals surface area contributed by atoms with Crippen LogP contribution >= 0.6 is 0 Å². The number of carbonyl (C=O) groups excluding carboxylic acids is 1. The van der Waals surface area contributed by atoms with Crippen molar-refractivity contribution >= 4 is 16.8 Å². The molecule has 146 valence electrons. The number of aromatic amines is 1. The second-order valence-corrected chi connectivity index (χ2v) is 7.81. The lowest BCUT2D eigenvalue weighted by Crippen LogP contribution is -2.40. The van der Waals surface area contributed by atoms with Gasteiger partial charge in [0, 0.05) is 31.1 Å². The summed E-state index contributed by atoms with van der Waals surface area (Å²) in [6.07, 6.45) is 3.39. The van der Waals surface area contributed by atoms with Crippen LogP contribution in [-0.4, -0.2) is 43.6 Å². The van der Waals surface area contributed by atoms with Crippen molar-refractivity contribution in [2.75, 3.05) is 13.1 Å². The molecule has 2 aromatic heterocycles. The van der Waals surface area contributed by atoms with Crippen LogP contribution in [0.4, 0.5) is 0 Å². The van der Waals surface area contributed by atoms with Gasteiger partial charge < -0.3 is 4.90 Å². The largest absolute Gasteiger partial charge is 0.337 e. The maximum absolute atomic E-state index is 12.9.